The zero-order valence-electron chi connectivity index (χ0n) is 85.6. The Kier molecular flexibility index (Phi) is 43.2. The van der Waals surface area contributed by atoms with Crippen molar-refractivity contribution in [2.75, 3.05) is 86.4 Å². The predicted molar refractivity (Wildman–Crippen MR) is 604 cm³/mol. The third kappa shape index (κ3) is 30.1. The van der Waals surface area contributed by atoms with Gasteiger partial charge in [-0.2, -0.15) is 0 Å². The van der Waals surface area contributed by atoms with Crippen LogP contribution in [0.1, 0.15) is 114 Å². The zero-order valence-corrected chi connectivity index (χ0v) is 90.8. The molecule has 1 N–H and O–H groups in total. The van der Waals surface area contributed by atoms with Crippen LogP contribution in [0.4, 0.5) is 14.4 Å². The number of rotatable bonds is 32. The number of nitrogens with zero attached hydrogens (tertiary/aromatic N) is 3. The number of methoxy groups -OCH3 is 2. The van der Waals surface area contributed by atoms with Crippen LogP contribution in [0.15, 0.2) is 400 Å². The van der Waals surface area contributed by atoms with Crippen LogP contribution < -0.4 is 69.0 Å². The van der Waals surface area contributed by atoms with Gasteiger partial charge in [-0.3, -0.25) is 0 Å². The first-order chi connectivity index (χ1) is 70.3. The molecule has 2 saturated carbocycles. The van der Waals surface area contributed by atoms with Gasteiger partial charge in [0.1, 0.15) is 53.4 Å². The summed E-state index contributed by atoms with van der Waals surface area (Å²) < 4.78 is 53.6. The molecule has 0 aromatic heterocycles. The summed E-state index contributed by atoms with van der Waals surface area (Å²) in [4.78, 5) is 43.1. The van der Waals surface area contributed by atoms with Crippen molar-refractivity contribution in [3.8, 4) is 0 Å². The van der Waals surface area contributed by atoms with Crippen molar-refractivity contribution >= 4 is 114 Å². The van der Waals surface area contributed by atoms with Crippen LogP contribution in [0.5, 0.6) is 0 Å². The molecular formula is C125H148N4O12P4Pd. The van der Waals surface area contributed by atoms with Gasteiger partial charge in [0.15, 0.2) is 0 Å². The number of likely N-dealkylation sites (tertiary alicyclic amines) is 2. The summed E-state index contributed by atoms with van der Waals surface area (Å²) in [6.07, 6.45) is 11.2. The number of hydrogen-bond acceptors (Lipinski definition) is 13. The fourth-order valence-electron chi connectivity index (χ4n) is 20.5. The van der Waals surface area contributed by atoms with Crippen LogP contribution in [-0.2, 0) is 63.1 Å². The number of carbonyl (C=O) groups is 3. The van der Waals surface area contributed by atoms with Gasteiger partial charge in [0.25, 0.3) is 0 Å². The molecule has 3 amide bonds. The maximum atomic E-state index is 13.0. The summed E-state index contributed by atoms with van der Waals surface area (Å²) in [5.41, 5.74) is 1.49. The first-order valence-electron chi connectivity index (χ1n) is 51.2. The van der Waals surface area contributed by atoms with E-state index < -0.39 is 31.7 Å². The molecule has 21 heteroatoms. The minimum atomic E-state index is -0.446. The van der Waals surface area contributed by atoms with Crippen molar-refractivity contribution in [2.24, 2.45) is 23.7 Å². The van der Waals surface area contributed by atoms with E-state index >= 15 is 0 Å². The van der Waals surface area contributed by atoms with Crippen molar-refractivity contribution < 1.29 is 77.4 Å². The van der Waals surface area contributed by atoms with Gasteiger partial charge in [-0.1, -0.05) is 414 Å². The number of epoxide rings is 4. The van der Waals surface area contributed by atoms with Gasteiger partial charge in [-0.25, -0.2) is 14.4 Å². The molecule has 12 aromatic carbocycles. The number of nitrogens with one attached hydrogen (secondary N) is 1. The molecule has 6 heterocycles. The Morgan fingerprint density at radius 3 is 0.870 bits per heavy atom. The summed E-state index contributed by atoms with van der Waals surface area (Å²) in [5, 5.41) is 20.1. The van der Waals surface area contributed by atoms with Crippen molar-refractivity contribution in [1.29, 1.82) is 0 Å². The Morgan fingerprint density at radius 2 is 0.658 bits per heavy atom. The number of carbonyl (C=O) groups excluding carboxylic acids is 3. The summed E-state index contributed by atoms with van der Waals surface area (Å²) in [6.45, 7) is 28.0. The molecule has 770 valence electrons. The Labute approximate surface area is 887 Å². The molecule has 20 rings (SSSR count). The normalized spacial score (nSPS) is 22.5. The van der Waals surface area contributed by atoms with E-state index in [1.54, 1.807) is 30.1 Å². The fraction of sp³-hybridized carbons (Fsp3) is 0.352. The zero-order chi connectivity index (χ0) is 101. The molecule has 8 fully saturated rings. The van der Waals surface area contributed by atoms with Crippen LogP contribution >= 0.6 is 31.7 Å². The largest absolute Gasteiger partial charge is 0.445 e. The number of hydrogen-bond donors (Lipinski definition) is 1. The first kappa shape index (κ1) is 113. The summed E-state index contributed by atoms with van der Waals surface area (Å²) in [7, 11) is 1.63. The molecule has 6 saturated heterocycles. The average Bonchev–Trinajstić information content (AvgIpc) is 1.53. The minimum absolute atomic E-state index is 0. The van der Waals surface area contributed by atoms with Gasteiger partial charge in [0.2, 0.25) is 0 Å². The maximum absolute atomic E-state index is 13.0. The molecule has 16 nitrogen and oxygen atoms in total. The number of allylic oxidation sites excluding steroid dienone is 2. The van der Waals surface area contributed by atoms with E-state index in [-0.39, 0.29) is 124 Å². The molecule has 2 spiro atoms. The molecule has 12 aromatic rings. The maximum Gasteiger partial charge on any atom is 0.410 e. The van der Waals surface area contributed by atoms with E-state index in [0.29, 0.717) is 51.0 Å². The first-order valence-corrected chi connectivity index (χ1v) is 56.6. The van der Waals surface area contributed by atoms with Crippen molar-refractivity contribution in [1.82, 2.24) is 20.0 Å². The van der Waals surface area contributed by atoms with Gasteiger partial charge in [-0.15, -0.1) is 0 Å². The molecular weight excluding hydrogens is 1980 g/mol. The number of amides is 3. The van der Waals surface area contributed by atoms with Crippen LogP contribution in [0, 0.1) is 23.7 Å². The Morgan fingerprint density at radius 1 is 0.411 bits per heavy atom. The van der Waals surface area contributed by atoms with Crippen LogP contribution in [0.25, 0.3) is 0 Å². The van der Waals surface area contributed by atoms with Crippen molar-refractivity contribution in [2.45, 2.75) is 173 Å². The van der Waals surface area contributed by atoms with Crippen LogP contribution in [0.2, 0.25) is 0 Å². The molecule has 0 unspecified atom stereocenters. The summed E-state index contributed by atoms with van der Waals surface area (Å²) >= 11 is 0. The summed E-state index contributed by atoms with van der Waals surface area (Å²) in [6, 6.07) is 129. The average molecular weight is 2130 g/mol. The molecule has 0 radical (unpaired) electrons. The van der Waals surface area contributed by atoms with E-state index in [1.165, 1.54) is 74.8 Å². The standard InChI is InChI=1S/C28H44N2O7.C24H40N2O5.4C18H15P.CH4.Pd/c1-7-15-34-25(31)29(8-2)14-12-20-16-30(17-20)26(32)36-21-11-13-28(18-35-28)24(23(21)33-6)27(5)22(37-27)10-9-19(3)4;1-6-25-12-10-17-13-26(14-17)22(27)30-18-9-11-24(15-29-24)21(20(18)28-5)23(4)19(31-23)8-7-16(2)3;4*1-4-10-16(11-5-1)19(17-12-6-2-7-13-17)18-14-8-3-9-15-18;;/h7,9,20-24H,1,8,10-18H2,2-6H3;7,17-21,25H,6,8-15H2,1-5H3;4*1-15H;1H4;/t21-,22-,23-,24-,27+,28+;18-,19-,20-,21-,23+,24+;;;;;;/m11....../s1. The van der Waals surface area contributed by atoms with Crippen LogP contribution in [-0.4, -0.2) is 178 Å². The number of ether oxygens (including phenoxy) is 9. The molecule has 2 aliphatic carbocycles. The monoisotopic (exact) mass is 2130 g/mol. The number of benzene rings is 12. The molecule has 146 heavy (non-hydrogen) atoms. The van der Waals surface area contributed by atoms with E-state index in [9.17, 15) is 14.4 Å². The van der Waals surface area contributed by atoms with Gasteiger partial charge < -0.3 is 62.6 Å². The van der Waals surface area contributed by atoms with Gasteiger partial charge >= 0.3 is 18.3 Å². The van der Waals surface area contributed by atoms with Crippen molar-refractivity contribution in [3.63, 3.8) is 0 Å². The second-order valence-electron chi connectivity index (χ2n) is 38.9. The van der Waals surface area contributed by atoms with Gasteiger partial charge in [0.05, 0.1) is 37.3 Å². The van der Waals surface area contributed by atoms with Gasteiger partial charge in [0, 0.05) is 73.9 Å². The second kappa shape index (κ2) is 55.9. The van der Waals surface area contributed by atoms with E-state index in [1.807, 2.05) is 11.8 Å². The smallest absolute Gasteiger partial charge is 0.410 e. The molecule has 6 aliphatic heterocycles. The molecule has 8 aliphatic rings. The summed E-state index contributed by atoms with van der Waals surface area (Å²) in [5.74, 6) is 0.985. The fourth-order valence-corrected chi connectivity index (χ4v) is 29.7. The third-order valence-corrected chi connectivity index (χ3v) is 38.1. The Hall–Kier alpha value is -10.2. The SMILES string of the molecule is C.C=CCOC(=O)N(CC)CCC1CN(C(=O)O[C@@H]2CC[C@]3(CO3)[C@@H]([C@@]3(C)O[C@@H]3CC=C(C)C)[C@@H]2OC)C1.CCNCCC1CN(C(=O)O[C@@H]2CC[C@]3(CO3)[C@@H]([C@@]3(C)O[C@@H]3CC=C(C)C)[C@@H]2OC)C1.[Pd].c1ccc(P(c2ccccc2)c2ccccc2)cc1.c1ccc(P(c2ccccc2)c2ccccc2)cc1.c1ccc(P(c2ccccc2)c2ccccc2)cc1.c1ccc(P(c2ccccc2)c2ccccc2)cc1. The van der Waals surface area contributed by atoms with E-state index in [0.717, 1.165) is 77.7 Å². The van der Waals surface area contributed by atoms with Crippen molar-refractivity contribution in [3.05, 3.63) is 400 Å². The topological polar surface area (TPSA) is 169 Å². The second-order valence-corrected chi connectivity index (χ2v) is 47.8. The third-order valence-electron chi connectivity index (χ3n) is 28.3. The van der Waals surface area contributed by atoms with Gasteiger partial charge in [-0.05, 0) is 220 Å². The minimum Gasteiger partial charge on any atom is -0.445 e. The van der Waals surface area contributed by atoms with E-state index in [2.05, 4.69) is 436 Å². The Balaban J connectivity index is 0.000000149. The Bertz CT molecular complexity index is 5100. The quantitative estimate of drug-likeness (QED) is 0.0106. The van der Waals surface area contributed by atoms with E-state index in [4.69, 9.17) is 42.6 Å². The predicted octanol–water partition coefficient (Wildman–Crippen LogP) is 21.7. The molecule has 0 bridgehead atoms. The van der Waals surface area contributed by atoms with Crippen LogP contribution in [0.3, 0.4) is 0 Å². The molecule has 12 atom stereocenters.